The van der Waals surface area contributed by atoms with E-state index in [1.807, 2.05) is 35.1 Å². The van der Waals surface area contributed by atoms with Gasteiger partial charge in [0.2, 0.25) is 0 Å². The monoisotopic (exact) mass is 872 g/mol. The summed E-state index contributed by atoms with van der Waals surface area (Å²) in [5.74, 6) is 2.21. The number of pyridine rings is 1. The quantitative estimate of drug-likeness (QED) is 0.100. The smallest absolute Gasteiger partial charge is 0.410 e. The second-order valence-corrected chi connectivity index (χ2v) is 19.0. The third-order valence-corrected chi connectivity index (χ3v) is 13.3. The molecule has 0 spiro atoms. The molecule has 7 aromatic rings. The van der Waals surface area contributed by atoms with Crippen LogP contribution in [0.3, 0.4) is 0 Å². The Morgan fingerprint density at radius 2 is 1.76 bits per heavy atom. The Bertz CT molecular complexity index is 3120. The molecule has 63 heavy (non-hydrogen) atoms. The van der Waals surface area contributed by atoms with E-state index in [0.717, 1.165) is 35.3 Å². The summed E-state index contributed by atoms with van der Waals surface area (Å²) in [4.78, 5) is 39.8. The van der Waals surface area contributed by atoms with Gasteiger partial charge >= 0.3 is 12.1 Å². The first-order valence-electron chi connectivity index (χ1n) is 20.8. The third kappa shape index (κ3) is 7.33. The van der Waals surface area contributed by atoms with Gasteiger partial charge in [0.05, 0.1) is 51.9 Å². The van der Waals surface area contributed by atoms with Crippen LogP contribution in [0.4, 0.5) is 19.4 Å². The molecular formula is C45H42F2N10O5S. The molecule has 18 heteroatoms. The van der Waals surface area contributed by atoms with E-state index in [4.69, 9.17) is 20.9 Å². The molecule has 3 fully saturated rings. The van der Waals surface area contributed by atoms with Gasteiger partial charge in [0, 0.05) is 42.7 Å². The van der Waals surface area contributed by atoms with Crippen molar-refractivity contribution in [2.45, 2.75) is 87.9 Å². The lowest BCUT2D eigenvalue weighted by Gasteiger charge is -2.42. The van der Waals surface area contributed by atoms with Crippen LogP contribution in [0.2, 0.25) is 0 Å². The molecule has 1 amide bonds. The number of fused-ring (bicyclic) bond motifs is 5. The Labute approximate surface area is 361 Å². The van der Waals surface area contributed by atoms with Crippen LogP contribution in [-0.4, -0.2) is 95.5 Å². The van der Waals surface area contributed by atoms with Crippen LogP contribution in [0, 0.1) is 24.0 Å². The average molecular weight is 873 g/mol. The highest BCUT2D eigenvalue weighted by molar-refractivity contribution is 7.89. The predicted molar refractivity (Wildman–Crippen MR) is 230 cm³/mol. The molecule has 3 aromatic carbocycles. The Hall–Kier alpha value is -6.74. The highest BCUT2D eigenvalue weighted by Gasteiger charge is 2.45. The summed E-state index contributed by atoms with van der Waals surface area (Å²) < 4.78 is 73.5. The van der Waals surface area contributed by atoms with E-state index in [9.17, 15) is 17.6 Å². The Kier molecular flexibility index (Phi) is 9.77. The van der Waals surface area contributed by atoms with Crippen LogP contribution in [0.25, 0.3) is 44.0 Å². The lowest BCUT2D eigenvalue weighted by atomic mass is 9.96. The predicted octanol–water partition coefficient (Wildman–Crippen LogP) is 7.22. The summed E-state index contributed by atoms with van der Waals surface area (Å²) in [5, 5.41) is 5.53. The number of terminal acetylenes is 1. The lowest BCUT2D eigenvalue weighted by molar-refractivity contribution is 0.0122. The number of piperazine rings is 1. The van der Waals surface area contributed by atoms with Crippen molar-refractivity contribution in [1.29, 1.82) is 0 Å². The van der Waals surface area contributed by atoms with E-state index in [-0.39, 0.29) is 58.4 Å². The second kappa shape index (κ2) is 15.3. The topological polar surface area (TPSA) is 163 Å². The molecule has 4 aromatic heterocycles. The summed E-state index contributed by atoms with van der Waals surface area (Å²) in [6, 6.07) is 12.4. The maximum Gasteiger partial charge on any atom is 0.410 e. The zero-order chi connectivity index (χ0) is 43.8. The van der Waals surface area contributed by atoms with E-state index < -0.39 is 27.3 Å². The van der Waals surface area contributed by atoms with Gasteiger partial charge in [0.25, 0.3) is 10.0 Å². The molecule has 10 rings (SSSR count). The highest BCUT2D eigenvalue weighted by atomic mass is 32.2. The van der Waals surface area contributed by atoms with Crippen molar-refractivity contribution in [3.63, 3.8) is 0 Å². The fourth-order valence-electron chi connectivity index (χ4n) is 8.69. The first-order valence-corrected chi connectivity index (χ1v) is 22.3. The molecule has 0 radical (unpaired) electrons. The number of hydrogen-bond acceptors (Lipinski definition) is 12. The number of benzene rings is 3. The van der Waals surface area contributed by atoms with Crippen molar-refractivity contribution in [2.75, 3.05) is 24.6 Å². The zero-order valence-electron chi connectivity index (χ0n) is 34.7. The number of ether oxygens (including phenoxy) is 2. The Morgan fingerprint density at radius 1 is 0.968 bits per heavy atom. The summed E-state index contributed by atoms with van der Waals surface area (Å²) in [5.41, 5.74) is 0.762. The molecule has 15 nitrogen and oxygen atoms in total. The Balaban J connectivity index is 0.939. The van der Waals surface area contributed by atoms with E-state index in [2.05, 4.69) is 31.0 Å². The molecule has 1 aliphatic carbocycles. The average Bonchev–Trinajstić information content (AvgIpc) is 3.72. The van der Waals surface area contributed by atoms with Gasteiger partial charge in [0.1, 0.15) is 34.8 Å². The summed E-state index contributed by atoms with van der Waals surface area (Å²) in [6.45, 7) is 6.92. The van der Waals surface area contributed by atoms with Crippen molar-refractivity contribution >= 4 is 54.6 Å². The number of nitrogens with zero attached hydrogens (tertiary/aromatic N) is 10. The zero-order valence-corrected chi connectivity index (χ0v) is 35.5. The molecule has 6 heterocycles. The van der Waals surface area contributed by atoms with Crippen molar-refractivity contribution in [1.82, 2.24) is 43.6 Å². The van der Waals surface area contributed by atoms with Gasteiger partial charge in [0.15, 0.2) is 11.6 Å². The van der Waals surface area contributed by atoms with Crippen LogP contribution < -0.4 is 9.64 Å². The van der Waals surface area contributed by atoms with Gasteiger partial charge in [-0.05, 0) is 82.5 Å². The third-order valence-electron chi connectivity index (χ3n) is 11.8. The standard InChI is InChI=1S/C45H42F2N10O5S/c1-5-31-34(46)16-12-26-8-6-9-32(37(26)31)39-38(47)40-33(21-48-39)42(55-22-28-13-14-29(23-55)57(28)44(58)62-45(2,3)4)52-43(51-40)61-19-7-18-54-24-49-35-20-30(15-17-36(35)54)63(59,60)56-25-50-41(53-56)27-10-11-27/h1,6,8-9,12,15-17,20-21,24-25,27-29H,7,10-11,13-14,18-19,22-23H2,2-4H3. The van der Waals surface area contributed by atoms with Crippen LogP contribution in [-0.2, 0) is 21.3 Å². The van der Waals surface area contributed by atoms with E-state index >= 15 is 4.39 Å². The molecule has 0 N–H and O–H groups in total. The van der Waals surface area contributed by atoms with Crippen molar-refractivity contribution in [3.05, 3.63) is 90.4 Å². The highest BCUT2D eigenvalue weighted by Crippen LogP contribution is 2.40. The minimum Gasteiger partial charge on any atom is -0.463 e. The van der Waals surface area contributed by atoms with Gasteiger partial charge in [-0.3, -0.25) is 9.88 Å². The van der Waals surface area contributed by atoms with E-state index in [1.54, 1.807) is 36.7 Å². The van der Waals surface area contributed by atoms with Crippen molar-refractivity contribution in [3.8, 4) is 29.6 Å². The lowest BCUT2D eigenvalue weighted by Crippen LogP contribution is -2.57. The van der Waals surface area contributed by atoms with Gasteiger partial charge < -0.3 is 18.9 Å². The molecule has 2 bridgehead atoms. The number of amides is 1. The number of halogens is 2. The van der Waals surface area contributed by atoms with E-state index in [1.165, 1.54) is 30.7 Å². The van der Waals surface area contributed by atoms with Gasteiger partial charge in [-0.1, -0.05) is 30.2 Å². The number of rotatable bonds is 10. The minimum atomic E-state index is -3.96. The summed E-state index contributed by atoms with van der Waals surface area (Å²) >= 11 is 0. The number of anilines is 1. The number of carbonyl (C=O) groups is 1. The minimum absolute atomic E-state index is 0.000274. The van der Waals surface area contributed by atoms with Crippen molar-refractivity contribution in [2.24, 2.45) is 0 Å². The number of hydrogen-bond donors (Lipinski definition) is 0. The summed E-state index contributed by atoms with van der Waals surface area (Å²) in [6.07, 6.45) is 13.7. The van der Waals surface area contributed by atoms with Crippen LogP contribution >= 0.6 is 0 Å². The van der Waals surface area contributed by atoms with Crippen LogP contribution in [0.15, 0.2) is 72.3 Å². The fourth-order valence-corrected chi connectivity index (χ4v) is 9.77. The maximum absolute atomic E-state index is 17.1. The normalized spacial score (nSPS) is 17.8. The second-order valence-electron chi connectivity index (χ2n) is 17.2. The fraction of sp³-hybridized carbons (Fsp3) is 0.356. The largest absolute Gasteiger partial charge is 0.463 e. The Morgan fingerprint density at radius 3 is 2.51 bits per heavy atom. The van der Waals surface area contributed by atoms with Crippen molar-refractivity contribution < 1.29 is 31.5 Å². The molecule has 2 aliphatic heterocycles. The molecule has 2 saturated heterocycles. The number of aromatic nitrogens is 8. The maximum atomic E-state index is 17.1. The molecule has 2 unspecified atom stereocenters. The molecule has 322 valence electrons. The SMILES string of the molecule is C#Cc1c(F)ccc2cccc(-c3ncc4c(N5CC6CCC(C5)N6C(=O)OC(C)(C)C)nc(OCCCn5cnc6cc(S(=O)(=O)n7cnc(C8CC8)n7)ccc65)nc4c3F)c12. The first-order chi connectivity index (χ1) is 30.3. The molecular weight excluding hydrogens is 831 g/mol. The molecule has 1 saturated carbocycles. The van der Waals surface area contributed by atoms with Gasteiger partial charge in [-0.2, -0.15) is 18.4 Å². The van der Waals surface area contributed by atoms with E-state index in [0.29, 0.717) is 64.9 Å². The van der Waals surface area contributed by atoms with Gasteiger partial charge in [-0.15, -0.1) is 15.6 Å². The first kappa shape index (κ1) is 40.3. The van der Waals surface area contributed by atoms with Crippen LogP contribution in [0.5, 0.6) is 6.01 Å². The molecule has 3 aliphatic rings. The van der Waals surface area contributed by atoms with Gasteiger partial charge in [-0.25, -0.2) is 23.5 Å². The van der Waals surface area contributed by atoms with Crippen LogP contribution in [0.1, 0.15) is 70.2 Å². The molecule has 2 atom stereocenters. The summed E-state index contributed by atoms with van der Waals surface area (Å²) in [7, 11) is -3.96. The number of aryl methyl sites for hydroxylation is 1. The number of imidazole rings is 1. The number of carbonyl (C=O) groups excluding carboxylic acids is 1.